The molecule has 7 nitrogen and oxygen atoms in total. The number of amides is 3. The Kier molecular flexibility index (Phi) is 9.09. The van der Waals surface area contributed by atoms with Crippen molar-refractivity contribution < 1.29 is 23.9 Å². The van der Waals surface area contributed by atoms with E-state index in [0.29, 0.717) is 16.6 Å². The van der Waals surface area contributed by atoms with Crippen molar-refractivity contribution in [1.82, 2.24) is 4.90 Å². The maximum Gasteiger partial charge on any atom is 0.293 e. The van der Waals surface area contributed by atoms with Gasteiger partial charge in [-0.25, -0.2) is 0 Å². The Morgan fingerprint density at radius 1 is 0.974 bits per heavy atom. The maximum absolute atomic E-state index is 12.9. The van der Waals surface area contributed by atoms with Gasteiger partial charge in [0.1, 0.15) is 18.1 Å². The number of hydrogen-bond acceptors (Lipinski definition) is 6. The summed E-state index contributed by atoms with van der Waals surface area (Å²) in [5, 5.41) is 2.48. The fourth-order valence-corrected chi connectivity index (χ4v) is 4.93. The van der Waals surface area contributed by atoms with Crippen molar-refractivity contribution in [3.05, 3.63) is 93.9 Å². The van der Waals surface area contributed by atoms with Crippen LogP contribution in [0.5, 0.6) is 11.5 Å². The van der Waals surface area contributed by atoms with Gasteiger partial charge in [0.15, 0.2) is 6.61 Å². The number of ether oxygens (including phenoxy) is 2. The first-order valence-electron chi connectivity index (χ1n) is 12.8. The number of anilines is 1. The molecule has 1 saturated heterocycles. The highest BCUT2D eigenvalue weighted by Gasteiger charge is 2.34. The van der Waals surface area contributed by atoms with Gasteiger partial charge < -0.3 is 14.8 Å². The fraction of sp³-hybridized carbons (Fsp3) is 0.258. The fourth-order valence-electron chi connectivity index (χ4n) is 4.06. The van der Waals surface area contributed by atoms with E-state index in [0.717, 1.165) is 45.5 Å². The largest absolute Gasteiger partial charge is 0.491 e. The third kappa shape index (κ3) is 7.51. The van der Waals surface area contributed by atoms with Gasteiger partial charge in [-0.15, -0.1) is 0 Å². The molecule has 202 valence electrons. The monoisotopic (exact) mass is 544 g/mol. The van der Waals surface area contributed by atoms with Crippen molar-refractivity contribution in [2.45, 2.75) is 33.6 Å². The predicted molar refractivity (Wildman–Crippen MR) is 155 cm³/mol. The van der Waals surface area contributed by atoms with Gasteiger partial charge in [0.2, 0.25) is 0 Å². The highest BCUT2D eigenvalue weighted by Crippen LogP contribution is 2.33. The Labute approximate surface area is 233 Å². The quantitative estimate of drug-likeness (QED) is 0.291. The summed E-state index contributed by atoms with van der Waals surface area (Å²) in [5.41, 5.74) is 4.70. The van der Waals surface area contributed by atoms with Crippen LogP contribution in [-0.4, -0.2) is 41.7 Å². The minimum atomic E-state index is -0.338. The maximum atomic E-state index is 12.9. The van der Waals surface area contributed by atoms with E-state index < -0.39 is 0 Å². The minimum absolute atomic E-state index is 0.130. The summed E-state index contributed by atoms with van der Waals surface area (Å²) in [6.45, 7) is 8.41. The number of carbonyl (C=O) groups excluding carboxylic acids is 3. The molecule has 0 saturated carbocycles. The van der Waals surface area contributed by atoms with Crippen LogP contribution in [0, 0.1) is 13.8 Å². The first-order valence-corrected chi connectivity index (χ1v) is 13.6. The molecule has 1 N–H and O–H groups in total. The van der Waals surface area contributed by atoms with Crippen molar-refractivity contribution in [3.63, 3.8) is 0 Å². The first-order chi connectivity index (χ1) is 18.7. The van der Waals surface area contributed by atoms with Crippen LogP contribution in [0.2, 0.25) is 0 Å². The number of nitrogens with zero attached hydrogens (tertiary/aromatic N) is 1. The molecule has 4 rings (SSSR count). The van der Waals surface area contributed by atoms with E-state index in [1.165, 1.54) is 4.90 Å². The Bertz CT molecular complexity index is 1400. The van der Waals surface area contributed by atoms with Gasteiger partial charge in [-0.05, 0) is 90.2 Å². The lowest BCUT2D eigenvalue weighted by atomic mass is 10.0. The number of hydrogen-bond donors (Lipinski definition) is 1. The number of nitrogens with one attached hydrogen (secondary N) is 1. The standard InChI is InChI=1S/C31H32N2O5S/c1-20(2)26-13-8-22(4)17-27(26)37-15-14-33-30(35)28(39-31(33)36)18-23-9-11-25(12-10-23)38-19-29(34)32-24-7-5-6-21(3)16-24/h5-13,16-18,20H,14-15,19H2,1-4H3,(H,32,34)/b28-18-. The van der Waals surface area contributed by atoms with Crippen molar-refractivity contribution in [3.8, 4) is 11.5 Å². The molecule has 0 spiro atoms. The number of imide groups is 1. The average molecular weight is 545 g/mol. The zero-order valence-corrected chi connectivity index (χ0v) is 23.3. The number of rotatable bonds is 10. The minimum Gasteiger partial charge on any atom is -0.491 e. The zero-order valence-electron chi connectivity index (χ0n) is 22.5. The van der Waals surface area contributed by atoms with Gasteiger partial charge in [-0.1, -0.05) is 50.2 Å². The first kappa shape index (κ1) is 28.0. The summed E-state index contributed by atoms with van der Waals surface area (Å²) in [7, 11) is 0. The van der Waals surface area contributed by atoms with E-state index in [4.69, 9.17) is 9.47 Å². The zero-order chi connectivity index (χ0) is 27.9. The Morgan fingerprint density at radius 3 is 2.44 bits per heavy atom. The Morgan fingerprint density at radius 2 is 1.72 bits per heavy atom. The molecule has 39 heavy (non-hydrogen) atoms. The Balaban J connectivity index is 1.30. The average Bonchev–Trinajstić information content (AvgIpc) is 3.15. The van der Waals surface area contributed by atoms with Crippen molar-refractivity contribution in [1.29, 1.82) is 0 Å². The summed E-state index contributed by atoms with van der Waals surface area (Å²) in [4.78, 5) is 39.2. The molecule has 1 aliphatic rings. The molecule has 0 atom stereocenters. The van der Waals surface area contributed by atoms with Gasteiger partial charge in [0, 0.05) is 5.69 Å². The molecule has 0 aliphatic carbocycles. The molecular weight excluding hydrogens is 512 g/mol. The molecule has 0 unspecified atom stereocenters. The molecule has 0 aromatic heterocycles. The molecule has 0 radical (unpaired) electrons. The second kappa shape index (κ2) is 12.7. The van der Waals surface area contributed by atoms with Crippen LogP contribution in [0.3, 0.4) is 0 Å². The van der Waals surface area contributed by atoms with E-state index in [1.54, 1.807) is 30.3 Å². The van der Waals surface area contributed by atoms with Crippen LogP contribution >= 0.6 is 11.8 Å². The van der Waals surface area contributed by atoms with E-state index in [-0.39, 0.29) is 36.8 Å². The second-order valence-corrected chi connectivity index (χ2v) is 10.6. The molecule has 3 aromatic rings. The Hall–Kier alpha value is -4.04. The van der Waals surface area contributed by atoms with Gasteiger partial charge in [0.25, 0.3) is 17.1 Å². The van der Waals surface area contributed by atoms with Crippen molar-refractivity contribution in [2.24, 2.45) is 0 Å². The predicted octanol–water partition coefficient (Wildman–Crippen LogP) is 6.56. The topological polar surface area (TPSA) is 84.9 Å². The van der Waals surface area contributed by atoms with Crippen LogP contribution in [0.1, 0.15) is 42.0 Å². The molecule has 3 aromatic carbocycles. The third-order valence-electron chi connectivity index (χ3n) is 6.09. The smallest absolute Gasteiger partial charge is 0.293 e. The summed E-state index contributed by atoms with van der Waals surface area (Å²) < 4.78 is 11.5. The van der Waals surface area contributed by atoms with Crippen molar-refractivity contribution in [2.75, 3.05) is 25.1 Å². The van der Waals surface area contributed by atoms with Gasteiger partial charge in [-0.3, -0.25) is 19.3 Å². The van der Waals surface area contributed by atoms with Crippen LogP contribution in [-0.2, 0) is 9.59 Å². The molecule has 8 heteroatoms. The van der Waals surface area contributed by atoms with E-state index >= 15 is 0 Å². The number of carbonyl (C=O) groups is 3. The lowest BCUT2D eigenvalue weighted by Crippen LogP contribution is -2.32. The summed E-state index contributed by atoms with van der Waals surface area (Å²) in [6.07, 6.45) is 1.68. The SMILES string of the molecule is Cc1cccc(NC(=O)COc2ccc(/C=C3\SC(=O)N(CCOc4cc(C)ccc4C(C)C)C3=O)cc2)c1. The van der Waals surface area contributed by atoms with Crippen LogP contribution in [0.25, 0.3) is 6.08 Å². The van der Waals surface area contributed by atoms with Gasteiger partial charge >= 0.3 is 0 Å². The van der Waals surface area contributed by atoms with E-state index in [2.05, 4.69) is 25.2 Å². The highest BCUT2D eigenvalue weighted by molar-refractivity contribution is 8.18. The van der Waals surface area contributed by atoms with Gasteiger partial charge in [0.05, 0.1) is 11.4 Å². The molecule has 1 aliphatic heterocycles. The number of benzene rings is 3. The summed E-state index contributed by atoms with van der Waals surface area (Å²) in [6, 6.07) is 20.6. The molecule has 1 heterocycles. The number of aryl methyl sites for hydroxylation is 2. The van der Waals surface area contributed by atoms with Gasteiger partial charge in [-0.2, -0.15) is 0 Å². The van der Waals surface area contributed by atoms with E-state index in [9.17, 15) is 14.4 Å². The number of thioether (sulfide) groups is 1. The normalized spacial score (nSPS) is 14.3. The van der Waals surface area contributed by atoms with Crippen LogP contribution < -0.4 is 14.8 Å². The lowest BCUT2D eigenvalue weighted by molar-refractivity contribution is -0.123. The summed E-state index contributed by atoms with van der Waals surface area (Å²) >= 11 is 0.912. The molecule has 3 amide bonds. The molecule has 0 bridgehead atoms. The van der Waals surface area contributed by atoms with Crippen molar-refractivity contribution >= 4 is 40.6 Å². The van der Waals surface area contributed by atoms with E-state index in [1.807, 2.05) is 50.2 Å². The highest BCUT2D eigenvalue weighted by atomic mass is 32.2. The van der Waals surface area contributed by atoms with Crippen LogP contribution in [0.4, 0.5) is 10.5 Å². The molecule has 1 fully saturated rings. The molecular formula is C31H32N2O5S. The van der Waals surface area contributed by atoms with Crippen LogP contribution in [0.15, 0.2) is 71.6 Å². The third-order valence-corrected chi connectivity index (χ3v) is 6.99. The lowest BCUT2D eigenvalue weighted by Gasteiger charge is -2.17. The summed E-state index contributed by atoms with van der Waals surface area (Å²) in [5.74, 6) is 1.00. The second-order valence-electron chi connectivity index (χ2n) is 9.65.